The van der Waals surface area contributed by atoms with Crippen LogP contribution < -0.4 is 4.74 Å². The molecule has 0 heterocycles. The Balaban J connectivity index is 2.58. The van der Waals surface area contributed by atoms with Crippen molar-refractivity contribution >= 4 is 15.9 Å². The second-order valence-corrected chi connectivity index (χ2v) is 6.08. The lowest BCUT2D eigenvalue weighted by molar-refractivity contribution is -0.0166. The minimum Gasteiger partial charge on any atom is -0.491 e. The number of ether oxygens (including phenoxy) is 2. The fourth-order valence-electron chi connectivity index (χ4n) is 1.48. The molecule has 0 aliphatic heterocycles. The Morgan fingerprint density at radius 2 is 1.94 bits per heavy atom. The van der Waals surface area contributed by atoms with Crippen molar-refractivity contribution in [2.45, 2.75) is 39.4 Å². The van der Waals surface area contributed by atoms with Gasteiger partial charge in [-0.25, -0.2) is 0 Å². The van der Waals surface area contributed by atoms with Crippen LogP contribution in [0, 0.1) is 0 Å². The lowest BCUT2D eigenvalue weighted by Crippen LogP contribution is -2.22. The molecule has 0 unspecified atom stereocenters. The largest absolute Gasteiger partial charge is 0.491 e. The highest BCUT2D eigenvalue weighted by Gasteiger charge is 2.12. The number of benzene rings is 1. The van der Waals surface area contributed by atoms with Gasteiger partial charge in [-0.2, -0.15) is 0 Å². The van der Waals surface area contributed by atoms with Crippen molar-refractivity contribution in [3.8, 4) is 5.75 Å². The summed E-state index contributed by atoms with van der Waals surface area (Å²) in [6.07, 6.45) is -0.545. The van der Waals surface area contributed by atoms with Crippen molar-refractivity contribution < 1.29 is 14.6 Å². The van der Waals surface area contributed by atoms with Gasteiger partial charge < -0.3 is 14.6 Å². The van der Waals surface area contributed by atoms with Gasteiger partial charge in [0.2, 0.25) is 0 Å². The Labute approximate surface area is 117 Å². The van der Waals surface area contributed by atoms with Crippen LogP contribution in [0.3, 0.4) is 0 Å². The van der Waals surface area contributed by atoms with Crippen molar-refractivity contribution in [1.29, 1.82) is 0 Å². The van der Waals surface area contributed by atoms with Crippen LogP contribution in [0.2, 0.25) is 0 Å². The van der Waals surface area contributed by atoms with Crippen LogP contribution in [0.4, 0.5) is 0 Å². The van der Waals surface area contributed by atoms with Gasteiger partial charge in [-0.05, 0) is 39.8 Å². The van der Waals surface area contributed by atoms with Crippen LogP contribution in [0.1, 0.15) is 39.4 Å². The standard InChI is InChI=1S/C14H21BrO3/c1-10(16)12-6-5-11(15)9-13(12)17-7-8-18-14(2,3)4/h5-6,9-10,16H,7-8H2,1-4H3/t10-/m1/s1. The number of halogens is 1. The molecule has 1 aromatic carbocycles. The molecule has 0 aliphatic carbocycles. The van der Waals surface area contributed by atoms with E-state index in [1.54, 1.807) is 6.92 Å². The Bertz CT molecular complexity index is 383. The molecule has 3 nitrogen and oxygen atoms in total. The van der Waals surface area contributed by atoms with E-state index in [2.05, 4.69) is 15.9 Å². The van der Waals surface area contributed by atoms with Gasteiger partial charge in [-0.1, -0.05) is 22.0 Å². The zero-order valence-electron chi connectivity index (χ0n) is 11.4. The van der Waals surface area contributed by atoms with E-state index in [1.807, 2.05) is 39.0 Å². The molecule has 18 heavy (non-hydrogen) atoms. The molecule has 1 rings (SSSR count). The summed E-state index contributed by atoms with van der Waals surface area (Å²) in [4.78, 5) is 0. The Morgan fingerprint density at radius 1 is 1.28 bits per heavy atom. The smallest absolute Gasteiger partial charge is 0.126 e. The number of rotatable bonds is 5. The molecule has 1 atom stereocenters. The Kier molecular flexibility index (Phi) is 5.63. The van der Waals surface area contributed by atoms with E-state index in [-0.39, 0.29) is 5.60 Å². The van der Waals surface area contributed by atoms with Crippen LogP contribution in [0.15, 0.2) is 22.7 Å². The lowest BCUT2D eigenvalue weighted by atomic mass is 10.1. The Hall–Kier alpha value is -0.580. The van der Waals surface area contributed by atoms with Gasteiger partial charge in [0.05, 0.1) is 18.3 Å². The topological polar surface area (TPSA) is 38.7 Å². The first kappa shape index (κ1) is 15.5. The van der Waals surface area contributed by atoms with E-state index < -0.39 is 6.10 Å². The highest BCUT2D eigenvalue weighted by atomic mass is 79.9. The fraction of sp³-hybridized carbons (Fsp3) is 0.571. The van der Waals surface area contributed by atoms with Crippen molar-refractivity contribution in [2.75, 3.05) is 13.2 Å². The zero-order valence-corrected chi connectivity index (χ0v) is 13.0. The molecule has 0 spiro atoms. The normalized spacial score (nSPS) is 13.4. The van der Waals surface area contributed by atoms with E-state index >= 15 is 0 Å². The third-order valence-corrected chi connectivity index (χ3v) is 2.79. The highest BCUT2D eigenvalue weighted by molar-refractivity contribution is 9.10. The SMILES string of the molecule is C[C@@H](O)c1ccc(Br)cc1OCCOC(C)(C)C. The van der Waals surface area contributed by atoms with Gasteiger partial charge in [0, 0.05) is 10.0 Å². The number of aliphatic hydroxyl groups excluding tert-OH is 1. The van der Waals surface area contributed by atoms with E-state index in [4.69, 9.17) is 9.47 Å². The fourth-order valence-corrected chi connectivity index (χ4v) is 1.82. The van der Waals surface area contributed by atoms with E-state index in [0.717, 1.165) is 10.0 Å². The quantitative estimate of drug-likeness (QED) is 0.842. The van der Waals surface area contributed by atoms with Crippen molar-refractivity contribution in [1.82, 2.24) is 0 Å². The van der Waals surface area contributed by atoms with Crippen LogP contribution in [0.25, 0.3) is 0 Å². The van der Waals surface area contributed by atoms with Gasteiger partial charge in [0.1, 0.15) is 12.4 Å². The summed E-state index contributed by atoms with van der Waals surface area (Å²) in [5.74, 6) is 0.692. The third kappa shape index (κ3) is 5.38. The second-order valence-electron chi connectivity index (χ2n) is 5.17. The van der Waals surface area contributed by atoms with Crippen LogP contribution in [-0.2, 0) is 4.74 Å². The number of hydrogen-bond acceptors (Lipinski definition) is 3. The molecule has 0 saturated carbocycles. The van der Waals surface area contributed by atoms with Gasteiger partial charge in [-0.15, -0.1) is 0 Å². The van der Waals surface area contributed by atoms with Gasteiger partial charge >= 0.3 is 0 Å². The summed E-state index contributed by atoms with van der Waals surface area (Å²) in [6.45, 7) is 8.73. The maximum Gasteiger partial charge on any atom is 0.126 e. The van der Waals surface area contributed by atoms with Crippen molar-refractivity contribution in [3.05, 3.63) is 28.2 Å². The molecular formula is C14H21BrO3. The van der Waals surface area contributed by atoms with Crippen LogP contribution in [-0.4, -0.2) is 23.9 Å². The maximum atomic E-state index is 9.65. The van der Waals surface area contributed by atoms with Crippen molar-refractivity contribution in [2.24, 2.45) is 0 Å². The monoisotopic (exact) mass is 316 g/mol. The summed E-state index contributed by atoms with van der Waals surface area (Å²) >= 11 is 3.39. The highest BCUT2D eigenvalue weighted by Crippen LogP contribution is 2.28. The summed E-state index contributed by atoms with van der Waals surface area (Å²) < 4.78 is 12.2. The zero-order chi connectivity index (χ0) is 13.8. The molecule has 0 aromatic heterocycles. The van der Waals surface area contributed by atoms with Crippen LogP contribution >= 0.6 is 15.9 Å². The molecule has 1 aromatic rings. The summed E-state index contributed by atoms with van der Waals surface area (Å²) in [5, 5.41) is 9.65. The summed E-state index contributed by atoms with van der Waals surface area (Å²) in [5.41, 5.74) is 0.627. The number of hydrogen-bond donors (Lipinski definition) is 1. The summed E-state index contributed by atoms with van der Waals surface area (Å²) in [7, 11) is 0. The predicted octanol–water partition coefficient (Wildman–Crippen LogP) is 3.70. The molecule has 0 aliphatic rings. The van der Waals surface area contributed by atoms with E-state index in [9.17, 15) is 5.11 Å². The van der Waals surface area contributed by atoms with Gasteiger partial charge in [0.15, 0.2) is 0 Å². The van der Waals surface area contributed by atoms with Gasteiger partial charge in [-0.3, -0.25) is 0 Å². The first-order valence-electron chi connectivity index (χ1n) is 6.04. The first-order valence-corrected chi connectivity index (χ1v) is 6.83. The average molecular weight is 317 g/mol. The molecule has 0 radical (unpaired) electrons. The molecule has 1 N–H and O–H groups in total. The molecule has 0 fully saturated rings. The Morgan fingerprint density at radius 3 is 2.50 bits per heavy atom. The lowest BCUT2D eigenvalue weighted by Gasteiger charge is -2.20. The van der Waals surface area contributed by atoms with Crippen LogP contribution in [0.5, 0.6) is 5.75 Å². The predicted molar refractivity (Wildman–Crippen MR) is 76.0 cm³/mol. The van der Waals surface area contributed by atoms with E-state index in [0.29, 0.717) is 19.0 Å². The molecule has 102 valence electrons. The average Bonchev–Trinajstić information content (AvgIpc) is 2.22. The first-order chi connectivity index (χ1) is 8.29. The maximum absolute atomic E-state index is 9.65. The third-order valence-electron chi connectivity index (χ3n) is 2.30. The van der Waals surface area contributed by atoms with Gasteiger partial charge in [0.25, 0.3) is 0 Å². The molecular weight excluding hydrogens is 296 g/mol. The molecule has 0 saturated heterocycles. The number of aliphatic hydroxyl groups is 1. The van der Waals surface area contributed by atoms with Crippen molar-refractivity contribution in [3.63, 3.8) is 0 Å². The molecule has 0 amide bonds. The molecule has 0 bridgehead atoms. The minimum absolute atomic E-state index is 0.159. The summed E-state index contributed by atoms with van der Waals surface area (Å²) in [6, 6.07) is 5.61. The molecule has 4 heteroatoms. The second kappa shape index (κ2) is 6.55. The van der Waals surface area contributed by atoms with E-state index in [1.165, 1.54) is 0 Å². The minimum atomic E-state index is -0.545.